The van der Waals surface area contributed by atoms with Crippen molar-refractivity contribution >= 4 is 17.6 Å². The number of carboxylic acid groups (broad SMARTS) is 1. The Balaban J connectivity index is 2.11. The van der Waals surface area contributed by atoms with Crippen LogP contribution in [0.4, 0.5) is 0 Å². The molecule has 0 saturated heterocycles. The predicted octanol–water partition coefficient (Wildman–Crippen LogP) is 2.56. The average Bonchev–Trinajstić information content (AvgIpc) is 2.70. The van der Waals surface area contributed by atoms with E-state index >= 15 is 0 Å². The van der Waals surface area contributed by atoms with Crippen LogP contribution in [-0.4, -0.2) is 20.6 Å². The summed E-state index contributed by atoms with van der Waals surface area (Å²) in [5, 5.41) is 9.79. The van der Waals surface area contributed by atoms with Gasteiger partial charge in [-0.3, -0.25) is 0 Å². The van der Waals surface area contributed by atoms with Crippen molar-refractivity contribution in [1.29, 1.82) is 0 Å². The highest BCUT2D eigenvalue weighted by Gasteiger charge is 2.15. The van der Waals surface area contributed by atoms with Gasteiger partial charge in [-0.25, -0.2) is 9.78 Å². The van der Waals surface area contributed by atoms with Crippen LogP contribution in [0.3, 0.4) is 0 Å². The fourth-order valence-corrected chi connectivity index (χ4v) is 1.98. The number of nitrogens with zero attached hydrogens (tertiary/aromatic N) is 2. The molecule has 5 heteroatoms. The van der Waals surface area contributed by atoms with Gasteiger partial charge in [0, 0.05) is 12.1 Å². The molecule has 0 amide bonds. The summed E-state index contributed by atoms with van der Waals surface area (Å²) in [6.07, 6.45) is 2.87. The molecule has 0 radical (unpaired) electrons. The van der Waals surface area contributed by atoms with E-state index in [9.17, 15) is 4.79 Å². The Kier molecular flexibility index (Phi) is 3.67. The van der Waals surface area contributed by atoms with E-state index in [1.807, 2.05) is 24.3 Å². The van der Waals surface area contributed by atoms with Crippen LogP contribution in [0.1, 0.15) is 21.7 Å². The van der Waals surface area contributed by atoms with Gasteiger partial charge in [0.25, 0.3) is 0 Å². The first kappa shape index (κ1) is 12.6. The number of aryl methyl sites for hydroxylation is 3. The third kappa shape index (κ3) is 2.71. The van der Waals surface area contributed by atoms with E-state index in [1.54, 1.807) is 7.05 Å². The highest BCUT2D eigenvalue weighted by molar-refractivity contribution is 6.30. The maximum Gasteiger partial charge on any atom is 0.354 e. The summed E-state index contributed by atoms with van der Waals surface area (Å²) in [5.74, 6) is -0.943. The van der Waals surface area contributed by atoms with E-state index in [0.29, 0.717) is 17.1 Å². The van der Waals surface area contributed by atoms with E-state index in [2.05, 4.69) is 4.98 Å². The summed E-state index contributed by atoms with van der Waals surface area (Å²) in [6, 6.07) is 7.53. The number of hydrogen-bond donors (Lipinski definition) is 1. The molecule has 2 rings (SSSR count). The lowest BCUT2D eigenvalue weighted by atomic mass is 10.1. The summed E-state index contributed by atoms with van der Waals surface area (Å²) in [5.41, 5.74) is 1.98. The summed E-state index contributed by atoms with van der Waals surface area (Å²) in [7, 11) is 1.68. The van der Waals surface area contributed by atoms with Gasteiger partial charge >= 0.3 is 5.97 Å². The molecule has 94 valence electrons. The highest BCUT2D eigenvalue weighted by Crippen LogP contribution is 2.13. The number of hydrogen-bond acceptors (Lipinski definition) is 2. The Morgan fingerprint density at radius 3 is 2.61 bits per heavy atom. The van der Waals surface area contributed by atoms with Crippen molar-refractivity contribution in [2.24, 2.45) is 7.05 Å². The van der Waals surface area contributed by atoms with Crippen LogP contribution in [0.2, 0.25) is 5.02 Å². The zero-order chi connectivity index (χ0) is 13.1. The molecule has 4 nitrogen and oxygen atoms in total. The predicted molar refractivity (Wildman–Crippen MR) is 69.0 cm³/mol. The van der Waals surface area contributed by atoms with Crippen molar-refractivity contribution < 1.29 is 9.90 Å². The van der Waals surface area contributed by atoms with Crippen molar-refractivity contribution in [2.45, 2.75) is 12.8 Å². The Morgan fingerprint density at radius 2 is 2.00 bits per heavy atom. The normalized spacial score (nSPS) is 10.6. The zero-order valence-electron chi connectivity index (χ0n) is 9.93. The van der Waals surface area contributed by atoms with E-state index in [1.165, 1.54) is 10.9 Å². The quantitative estimate of drug-likeness (QED) is 0.923. The summed E-state index contributed by atoms with van der Waals surface area (Å²) >= 11 is 5.81. The fraction of sp³-hybridized carbons (Fsp3) is 0.231. The first-order valence-electron chi connectivity index (χ1n) is 5.56. The molecule has 1 N–H and O–H groups in total. The molecule has 18 heavy (non-hydrogen) atoms. The molecule has 0 unspecified atom stereocenters. The molecule has 0 aliphatic rings. The van der Waals surface area contributed by atoms with Crippen molar-refractivity contribution in [1.82, 2.24) is 9.55 Å². The topological polar surface area (TPSA) is 55.1 Å². The number of benzene rings is 1. The Labute approximate surface area is 110 Å². The van der Waals surface area contributed by atoms with Crippen LogP contribution in [0.25, 0.3) is 0 Å². The Hall–Kier alpha value is -1.81. The minimum atomic E-state index is -0.943. The van der Waals surface area contributed by atoms with Crippen LogP contribution in [0.5, 0.6) is 0 Å². The molecule has 0 aliphatic heterocycles. The smallest absolute Gasteiger partial charge is 0.354 e. The standard InChI is InChI=1S/C13H13ClN2O2/c1-16-8-15-11(12(16)13(17)18)7-4-9-2-5-10(14)6-3-9/h2-3,5-6,8H,4,7H2,1H3,(H,17,18). The van der Waals surface area contributed by atoms with Gasteiger partial charge in [-0.05, 0) is 30.5 Å². The van der Waals surface area contributed by atoms with E-state index in [-0.39, 0.29) is 5.69 Å². The summed E-state index contributed by atoms with van der Waals surface area (Å²) in [6.45, 7) is 0. The summed E-state index contributed by atoms with van der Waals surface area (Å²) < 4.78 is 1.53. The SMILES string of the molecule is Cn1cnc(CCc2ccc(Cl)cc2)c1C(=O)O. The molecule has 1 heterocycles. The van der Waals surface area contributed by atoms with Gasteiger partial charge in [-0.1, -0.05) is 23.7 Å². The van der Waals surface area contributed by atoms with Crippen molar-refractivity contribution in [2.75, 3.05) is 0 Å². The number of carboxylic acids is 1. The molecule has 2 aromatic rings. The van der Waals surface area contributed by atoms with Crippen LogP contribution < -0.4 is 0 Å². The fourth-order valence-electron chi connectivity index (χ4n) is 1.85. The Bertz CT molecular complexity index is 561. The Morgan fingerprint density at radius 1 is 1.33 bits per heavy atom. The lowest BCUT2D eigenvalue weighted by molar-refractivity contribution is 0.0685. The second-order valence-corrected chi connectivity index (χ2v) is 4.52. The number of imidazole rings is 1. The lowest BCUT2D eigenvalue weighted by Gasteiger charge is -2.02. The van der Waals surface area contributed by atoms with Crippen molar-refractivity contribution in [3.05, 3.63) is 52.6 Å². The lowest BCUT2D eigenvalue weighted by Crippen LogP contribution is -2.08. The van der Waals surface area contributed by atoms with Gasteiger partial charge in [-0.2, -0.15) is 0 Å². The molecule has 1 aromatic carbocycles. The van der Waals surface area contributed by atoms with E-state index < -0.39 is 5.97 Å². The molecule has 0 fully saturated rings. The maximum atomic E-state index is 11.1. The van der Waals surface area contributed by atoms with E-state index in [4.69, 9.17) is 16.7 Å². The summed E-state index contributed by atoms with van der Waals surface area (Å²) in [4.78, 5) is 15.2. The van der Waals surface area contributed by atoms with E-state index in [0.717, 1.165) is 12.0 Å². The van der Waals surface area contributed by atoms with Gasteiger partial charge in [0.1, 0.15) is 5.69 Å². The first-order valence-corrected chi connectivity index (χ1v) is 5.93. The minimum Gasteiger partial charge on any atom is -0.477 e. The minimum absolute atomic E-state index is 0.254. The zero-order valence-corrected chi connectivity index (χ0v) is 10.7. The maximum absolute atomic E-state index is 11.1. The third-order valence-electron chi connectivity index (χ3n) is 2.78. The van der Waals surface area contributed by atoms with Gasteiger partial charge in [0.05, 0.1) is 12.0 Å². The molecular formula is C13H13ClN2O2. The average molecular weight is 265 g/mol. The van der Waals surface area contributed by atoms with Gasteiger partial charge in [-0.15, -0.1) is 0 Å². The number of aromatic carboxylic acids is 1. The second kappa shape index (κ2) is 5.23. The number of halogens is 1. The molecule has 1 aromatic heterocycles. The number of aromatic nitrogens is 2. The van der Waals surface area contributed by atoms with Crippen LogP contribution in [0, 0.1) is 0 Å². The first-order chi connectivity index (χ1) is 8.58. The van der Waals surface area contributed by atoms with Crippen LogP contribution in [0.15, 0.2) is 30.6 Å². The van der Waals surface area contributed by atoms with Crippen LogP contribution in [-0.2, 0) is 19.9 Å². The molecular weight excluding hydrogens is 252 g/mol. The molecule has 0 bridgehead atoms. The molecule has 0 spiro atoms. The van der Waals surface area contributed by atoms with Crippen LogP contribution >= 0.6 is 11.6 Å². The molecule has 0 saturated carbocycles. The van der Waals surface area contributed by atoms with Gasteiger partial charge in [0.2, 0.25) is 0 Å². The van der Waals surface area contributed by atoms with Crippen molar-refractivity contribution in [3.8, 4) is 0 Å². The monoisotopic (exact) mass is 264 g/mol. The largest absolute Gasteiger partial charge is 0.477 e. The second-order valence-electron chi connectivity index (χ2n) is 4.08. The third-order valence-corrected chi connectivity index (χ3v) is 3.03. The van der Waals surface area contributed by atoms with Gasteiger partial charge < -0.3 is 9.67 Å². The number of rotatable bonds is 4. The van der Waals surface area contributed by atoms with Crippen molar-refractivity contribution in [3.63, 3.8) is 0 Å². The highest BCUT2D eigenvalue weighted by atomic mass is 35.5. The number of carbonyl (C=O) groups is 1. The molecule has 0 atom stereocenters. The molecule has 0 aliphatic carbocycles. The van der Waals surface area contributed by atoms with Gasteiger partial charge in [0.15, 0.2) is 0 Å².